The first-order valence-electron chi connectivity index (χ1n) is 5.08. The minimum Gasteiger partial charge on any atom is -0.296 e. The molecule has 2 rings (SSSR count). The molecule has 14 heavy (non-hydrogen) atoms. The summed E-state index contributed by atoms with van der Waals surface area (Å²) in [5.41, 5.74) is 3.06. The molecule has 2 heteroatoms. The fourth-order valence-electron chi connectivity index (χ4n) is 1.96. The molecule has 1 aliphatic rings. The van der Waals surface area contributed by atoms with Gasteiger partial charge in [0, 0.05) is 19.1 Å². The minimum absolute atomic E-state index is 0. The number of rotatable bonds is 1. The van der Waals surface area contributed by atoms with Gasteiger partial charge in [-0.15, -0.1) is 12.4 Å². The largest absolute Gasteiger partial charge is 0.296 e. The molecule has 78 valence electrons. The van der Waals surface area contributed by atoms with Crippen LogP contribution in [0.2, 0.25) is 0 Å². The normalized spacial score (nSPS) is 16.2. The zero-order valence-corrected chi connectivity index (χ0v) is 9.68. The quantitative estimate of drug-likeness (QED) is 0.691. The molecule has 0 saturated carbocycles. The van der Waals surface area contributed by atoms with Gasteiger partial charge in [0.15, 0.2) is 0 Å². The zero-order valence-electron chi connectivity index (χ0n) is 8.86. The van der Waals surface area contributed by atoms with Crippen LogP contribution in [0.5, 0.6) is 0 Å². The Kier molecular flexibility index (Phi) is 3.97. The maximum absolute atomic E-state index is 2.53. The molecule has 0 saturated heterocycles. The third kappa shape index (κ3) is 2.28. The van der Waals surface area contributed by atoms with Gasteiger partial charge in [-0.25, -0.2) is 0 Å². The number of nitrogens with zero attached hydrogens (tertiary/aromatic N) is 1. The van der Waals surface area contributed by atoms with E-state index in [1.807, 2.05) is 0 Å². The average molecular weight is 212 g/mol. The lowest BCUT2D eigenvalue weighted by Crippen LogP contribution is -2.35. The van der Waals surface area contributed by atoms with Crippen LogP contribution in [-0.4, -0.2) is 17.5 Å². The fourth-order valence-corrected chi connectivity index (χ4v) is 1.96. The number of hydrogen-bond donors (Lipinski definition) is 0. The topological polar surface area (TPSA) is 3.24 Å². The van der Waals surface area contributed by atoms with E-state index < -0.39 is 0 Å². The summed E-state index contributed by atoms with van der Waals surface area (Å²) in [7, 11) is 0. The second-order valence-corrected chi connectivity index (χ2v) is 4.08. The summed E-state index contributed by atoms with van der Waals surface area (Å²) in [6.07, 6.45) is 1.22. The highest BCUT2D eigenvalue weighted by Gasteiger charge is 2.16. The third-order valence-electron chi connectivity index (χ3n) is 2.89. The van der Waals surface area contributed by atoms with Gasteiger partial charge in [0.1, 0.15) is 0 Å². The zero-order chi connectivity index (χ0) is 9.26. The lowest BCUT2D eigenvalue weighted by Gasteiger charge is -2.31. The van der Waals surface area contributed by atoms with E-state index in [0.717, 1.165) is 6.54 Å². The van der Waals surface area contributed by atoms with E-state index in [2.05, 4.69) is 43.0 Å². The van der Waals surface area contributed by atoms with Gasteiger partial charge in [-0.05, 0) is 31.4 Å². The highest BCUT2D eigenvalue weighted by molar-refractivity contribution is 5.85. The van der Waals surface area contributed by atoms with Gasteiger partial charge >= 0.3 is 0 Å². The first kappa shape index (κ1) is 11.5. The lowest BCUT2D eigenvalue weighted by atomic mass is 9.99. The SMILES string of the molecule is CC(C)N1CCc2ccccc2C1.Cl. The smallest absolute Gasteiger partial charge is 0.0239 e. The minimum atomic E-state index is 0. The van der Waals surface area contributed by atoms with Crippen LogP contribution in [0.4, 0.5) is 0 Å². The van der Waals surface area contributed by atoms with Crippen molar-refractivity contribution in [3.63, 3.8) is 0 Å². The molecule has 1 aromatic carbocycles. The third-order valence-corrected chi connectivity index (χ3v) is 2.89. The Labute approximate surface area is 92.5 Å². The number of fused-ring (bicyclic) bond motifs is 1. The van der Waals surface area contributed by atoms with Crippen molar-refractivity contribution in [2.75, 3.05) is 6.54 Å². The first-order valence-corrected chi connectivity index (χ1v) is 5.08. The van der Waals surface area contributed by atoms with Gasteiger partial charge in [0.2, 0.25) is 0 Å². The summed E-state index contributed by atoms with van der Waals surface area (Å²) in [6.45, 7) is 6.89. The van der Waals surface area contributed by atoms with Gasteiger partial charge < -0.3 is 0 Å². The van der Waals surface area contributed by atoms with Gasteiger partial charge in [0.25, 0.3) is 0 Å². The number of halogens is 1. The van der Waals surface area contributed by atoms with Crippen LogP contribution in [0.15, 0.2) is 24.3 Å². The Morgan fingerprint density at radius 2 is 1.79 bits per heavy atom. The maximum atomic E-state index is 2.53. The molecule has 1 aromatic rings. The van der Waals surface area contributed by atoms with Crippen LogP contribution in [0.3, 0.4) is 0 Å². The Hall–Kier alpha value is -0.530. The van der Waals surface area contributed by atoms with Crippen LogP contribution < -0.4 is 0 Å². The van der Waals surface area contributed by atoms with Crippen molar-refractivity contribution < 1.29 is 0 Å². The van der Waals surface area contributed by atoms with Crippen LogP contribution in [0, 0.1) is 0 Å². The van der Waals surface area contributed by atoms with Gasteiger partial charge in [-0.2, -0.15) is 0 Å². The first-order chi connectivity index (χ1) is 6.27. The molecule has 0 amide bonds. The highest BCUT2D eigenvalue weighted by atomic mass is 35.5. The summed E-state index contributed by atoms with van der Waals surface area (Å²) in [5, 5.41) is 0. The highest BCUT2D eigenvalue weighted by Crippen LogP contribution is 2.19. The van der Waals surface area contributed by atoms with Gasteiger partial charge in [-0.1, -0.05) is 24.3 Å². The summed E-state index contributed by atoms with van der Waals surface area (Å²) in [6, 6.07) is 9.47. The molecule has 1 nitrogen and oxygen atoms in total. The molecule has 0 aliphatic carbocycles. The van der Waals surface area contributed by atoms with Crippen LogP contribution in [0.1, 0.15) is 25.0 Å². The van der Waals surface area contributed by atoms with E-state index in [1.165, 1.54) is 18.5 Å². The maximum Gasteiger partial charge on any atom is 0.0239 e. The predicted octanol–water partition coefficient (Wildman–Crippen LogP) is 2.87. The van der Waals surface area contributed by atoms with E-state index in [-0.39, 0.29) is 12.4 Å². The van der Waals surface area contributed by atoms with E-state index in [0.29, 0.717) is 6.04 Å². The Morgan fingerprint density at radius 3 is 2.43 bits per heavy atom. The van der Waals surface area contributed by atoms with E-state index in [4.69, 9.17) is 0 Å². The Morgan fingerprint density at radius 1 is 1.14 bits per heavy atom. The molecule has 0 radical (unpaired) electrons. The lowest BCUT2D eigenvalue weighted by molar-refractivity contribution is 0.203. The van der Waals surface area contributed by atoms with E-state index in [9.17, 15) is 0 Å². The molecule has 0 unspecified atom stereocenters. The van der Waals surface area contributed by atoms with Crippen molar-refractivity contribution in [3.05, 3.63) is 35.4 Å². The van der Waals surface area contributed by atoms with Gasteiger partial charge in [0.05, 0.1) is 0 Å². The molecule has 0 spiro atoms. The van der Waals surface area contributed by atoms with Crippen LogP contribution in [-0.2, 0) is 13.0 Å². The molecular weight excluding hydrogens is 194 g/mol. The van der Waals surface area contributed by atoms with Crippen molar-refractivity contribution in [1.82, 2.24) is 4.90 Å². The van der Waals surface area contributed by atoms with Crippen LogP contribution >= 0.6 is 12.4 Å². The van der Waals surface area contributed by atoms with Crippen molar-refractivity contribution in [1.29, 1.82) is 0 Å². The molecule has 0 atom stereocenters. The second kappa shape index (κ2) is 4.81. The Balaban J connectivity index is 0.000000980. The predicted molar refractivity (Wildman–Crippen MR) is 62.9 cm³/mol. The van der Waals surface area contributed by atoms with E-state index in [1.54, 1.807) is 5.56 Å². The molecular formula is C12H18ClN. The van der Waals surface area contributed by atoms with Crippen molar-refractivity contribution in [2.24, 2.45) is 0 Å². The van der Waals surface area contributed by atoms with Crippen LogP contribution in [0.25, 0.3) is 0 Å². The molecule has 0 aromatic heterocycles. The monoisotopic (exact) mass is 211 g/mol. The van der Waals surface area contributed by atoms with Crippen molar-refractivity contribution >= 4 is 12.4 Å². The van der Waals surface area contributed by atoms with Gasteiger partial charge in [-0.3, -0.25) is 4.90 Å². The molecule has 1 heterocycles. The molecule has 0 bridgehead atoms. The summed E-state index contributed by atoms with van der Waals surface area (Å²) >= 11 is 0. The molecule has 0 N–H and O–H groups in total. The van der Waals surface area contributed by atoms with Crippen molar-refractivity contribution in [3.8, 4) is 0 Å². The van der Waals surface area contributed by atoms with Crippen molar-refractivity contribution in [2.45, 2.75) is 32.9 Å². The number of benzene rings is 1. The molecule has 0 fully saturated rings. The summed E-state index contributed by atoms with van der Waals surface area (Å²) in [4.78, 5) is 2.53. The second-order valence-electron chi connectivity index (χ2n) is 4.08. The average Bonchev–Trinajstić information content (AvgIpc) is 2.17. The summed E-state index contributed by atoms with van der Waals surface area (Å²) < 4.78 is 0. The standard InChI is InChI=1S/C12H17N.ClH/c1-10(2)13-8-7-11-5-3-4-6-12(11)9-13;/h3-6,10H,7-9H2,1-2H3;1H. The van der Waals surface area contributed by atoms with E-state index >= 15 is 0 Å². The Bertz CT molecular complexity index is 296. The fraction of sp³-hybridized carbons (Fsp3) is 0.500. The molecule has 1 aliphatic heterocycles. The summed E-state index contributed by atoms with van der Waals surface area (Å²) in [5.74, 6) is 0. The number of hydrogen-bond acceptors (Lipinski definition) is 1.